The van der Waals surface area contributed by atoms with Crippen molar-refractivity contribution in [2.24, 2.45) is 0 Å². The van der Waals surface area contributed by atoms with E-state index in [4.69, 9.17) is 0 Å². The third kappa shape index (κ3) is 6.28. The zero-order valence-corrected chi connectivity index (χ0v) is 11.0. The summed E-state index contributed by atoms with van der Waals surface area (Å²) in [6.45, 7) is 7.17. The summed E-state index contributed by atoms with van der Waals surface area (Å²) in [7, 11) is 0. The molecule has 0 aliphatic rings. The highest BCUT2D eigenvalue weighted by Gasteiger charge is 2.07. The maximum absolute atomic E-state index is 3.81. The summed E-state index contributed by atoms with van der Waals surface area (Å²) in [6, 6.07) is 11.3. The van der Waals surface area contributed by atoms with Crippen molar-refractivity contribution < 1.29 is 0 Å². The molecule has 0 saturated heterocycles. The lowest BCUT2D eigenvalue weighted by Gasteiger charge is -2.18. The molecule has 0 radical (unpaired) electrons. The van der Waals surface area contributed by atoms with Crippen LogP contribution in [0.3, 0.4) is 0 Å². The number of allylic oxidation sites excluding steroid dienone is 1. The molecule has 0 spiro atoms. The van der Waals surface area contributed by atoms with E-state index in [2.05, 4.69) is 49.2 Å². The Morgan fingerprint density at radius 1 is 1.29 bits per heavy atom. The van der Waals surface area contributed by atoms with Crippen molar-refractivity contribution in [3.63, 3.8) is 0 Å². The standard InChI is InChI=1S/C16H25N/c1-3-5-12-16(17-13-6-4-2)14-15-10-8-7-9-11-15/h3,7-11,16-17H,1,4-6,12-14H2,2H3. The lowest BCUT2D eigenvalue weighted by molar-refractivity contribution is 0.473. The molecule has 0 bridgehead atoms. The van der Waals surface area contributed by atoms with Crippen LogP contribution >= 0.6 is 0 Å². The van der Waals surface area contributed by atoms with Crippen LogP contribution in [0.15, 0.2) is 43.0 Å². The van der Waals surface area contributed by atoms with E-state index < -0.39 is 0 Å². The molecule has 1 atom stereocenters. The van der Waals surface area contributed by atoms with Crippen molar-refractivity contribution in [3.8, 4) is 0 Å². The number of rotatable bonds is 9. The molecule has 0 amide bonds. The Kier molecular flexibility index (Phi) is 7.40. The van der Waals surface area contributed by atoms with Gasteiger partial charge >= 0.3 is 0 Å². The average molecular weight is 231 g/mol. The van der Waals surface area contributed by atoms with E-state index in [0.717, 1.165) is 19.4 Å². The molecule has 0 fully saturated rings. The molecule has 0 aliphatic carbocycles. The number of hydrogen-bond acceptors (Lipinski definition) is 1. The van der Waals surface area contributed by atoms with Crippen LogP contribution in [0.4, 0.5) is 0 Å². The highest BCUT2D eigenvalue weighted by atomic mass is 14.9. The second-order valence-corrected chi connectivity index (χ2v) is 4.56. The highest BCUT2D eigenvalue weighted by Crippen LogP contribution is 2.08. The maximum Gasteiger partial charge on any atom is 0.0110 e. The first-order valence-corrected chi connectivity index (χ1v) is 6.75. The summed E-state index contributed by atoms with van der Waals surface area (Å²) in [4.78, 5) is 0. The van der Waals surface area contributed by atoms with Gasteiger partial charge < -0.3 is 5.32 Å². The van der Waals surface area contributed by atoms with Crippen LogP contribution < -0.4 is 5.32 Å². The zero-order valence-electron chi connectivity index (χ0n) is 11.0. The number of hydrogen-bond donors (Lipinski definition) is 1. The predicted octanol–water partition coefficient (Wildman–Crippen LogP) is 3.95. The minimum atomic E-state index is 0.585. The van der Waals surface area contributed by atoms with Crippen molar-refractivity contribution in [1.82, 2.24) is 5.32 Å². The van der Waals surface area contributed by atoms with Gasteiger partial charge in [-0.05, 0) is 37.8 Å². The molecule has 1 N–H and O–H groups in total. The lowest BCUT2D eigenvalue weighted by atomic mass is 10.0. The van der Waals surface area contributed by atoms with E-state index in [1.807, 2.05) is 6.08 Å². The van der Waals surface area contributed by atoms with E-state index in [-0.39, 0.29) is 0 Å². The molecule has 1 rings (SSSR count). The van der Waals surface area contributed by atoms with Gasteiger partial charge in [0, 0.05) is 6.04 Å². The molecule has 1 unspecified atom stereocenters. The van der Waals surface area contributed by atoms with Gasteiger partial charge in [-0.15, -0.1) is 6.58 Å². The average Bonchev–Trinajstić information content (AvgIpc) is 2.37. The molecule has 0 heterocycles. The Morgan fingerprint density at radius 2 is 2.06 bits per heavy atom. The third-order valence-corrected chi connectivity index (χ3v) is 3.01. The largest absolute Gasteiger partial charge is 0.314 e. The van der Waals surface area contributed by atoms with Gasteiger partial charge in [0.2, 0.25) is 0 Å². The molecule has 94 valence electrons. The smallest absolute Gasteiger partial charge is 0.0110 e. The van der Waals surface area contributed by atoms with Crippen LogP contribution in [-0.2, 0) is 6.42 Å². The van der Waals surface area contributed by atoms with E-state index >= 15 is 0 Å². The molecule has 17 heavy (non-hydrogen) atoms. The van der Waals surface area contributed by atoms with Gasteiger partial charge in [-0.25, -0.2) is 0 Å². The van der Waals surface area contributed by atoms with Crippen molar-refractivity contribution in [1.29, 1.82) is 0 Å². The first-order chi connectivity index (χ1) is 8.36. The van der Waals surface area contributed by atoms with E-state index in [0.29, 0.717) is 6.04 Å². The van der Waals surface area contributed by atoms with Crippen LogP contribution in [-0.4, -0.2) is 12.6 Å². The summed E-state index contributed by atoms with van der Waals surface area (Å²) in [6.07, 6.45) is 7.93. The van der Waals surface area contributed by atoms with E-state index in [9.17, 15) is 0 Å². The zero-order chi connectivity index (χ0) is 12.3. The highest BCUT2D eigenvalue weighted by molar-refractivity contribution is 5.15. The van der Waals surface area contributed by atoms with Gasteiger partial charge in [-0.2, -0.15) is 0 Å². The van der Waals surface area contributed by atoms with Gasteiger partial charge in [-0.3, -0.25) is 0 Å². The minimum Gasteiger partial charge on any atom is -0.314 e. The van der Waals surface area contributed by atoms with Crippen LogP contribution in [0, 0.1) is 0 Å². The second-order valence-electron chi connectivity index (χ2n) is 4.56. The first-order valence-electron chi connectivity index (χ1n) is 6.75. The Balaban J connectivity index is 2.41. The van der Waals surface area contributed by atoms with Gasteiger partial charge in [-0.1, -0.05) is 49.8 Å². The molecular weight excluding hydrogens is 206 g/mol. The summed E-state index contributed by atoms with van der Waals surface area (Å²) in [5, 5.41) is 3.66. The molecule has 1 aromatic carbocycles. The van der Waals surface area contributed by atoms with Crippen molar-refractivity contribution in [2.75, 3.05) is 6.54 Å². The number of nitrogens with one attached hydrogen (secondary N) is 1. The summed E-state index contributed by atoms with van der Waals surface area (Å²) in [5.41, 5.74) is 1.42. The maximum atomic E-state index is 3.81. The normalized spacial score (nSPS) is 12.3. The van der Waals surface area contributed by atoms with Crippen LogP contribution in [0.1, 0.15) is 38.2 Å². The molecule has 0 saturated carbocycles. The summed E-state index contributed by atoms with van der Waals surface area (Å²) < 4.78 is 0. The molecular formula is C16H25N. The second kappa shape index (κ2) is 9.00. The molecule has 1 aromatic rings. The van der Waals surface area contributed by atoms with Crippen LogP contribution in [0.5, 0.6) is 0 Å². The Bertz CT molecular complexity index is 292. The van der Waals surface area contributed by atoms with Crippen molar-refractivity contribution >= 4 is 0 Å². The molecule has 0 aliphatic heterocycles. The van der Waals surface area contributed by atoms with Gasteiger partial charge in [0.25, 0.3) is 0 Å². The summed E-state index contributed by atoms with van der Waals surface area (Å²) in [5.74, 6) is 0. The van der Waals surface area contributed by atoms with E-state index in [1.54, 1.807) is 0 Å². The quantitative estimate of drug-likeness (QED) is 0.501. The Morgan fingerprint density at radius 3 is 2.71 bits per heavy atom. The predicted molar refractivity (Wildman–Crippen MR) is 76.3 cm³/mol. The minimum absolute atomic E-state index is 0.585. The van der Waals surface area contributed by atoms with Gasteiger partial charge in [0.15, 0.2) is 0 Å². The van der Waals surface area contributed by atoms with Crippen molar-refractivity contribution in [3.05, 3.63) is 48.6 Å². The summed E-state index contributed by atoms with van der Waals surface area (Å²) >= 11 is 0. The fourth-order valence-corrected chi connectivity index (χ4v) is 1.98. The van der Waals surface area contributed by atoms with Gasteiger partial charge in [0.05, 0.1) is 0 Å². The van der Waals surface area contributed by atoms with Crippen LogP contribution in [0.25, 0.3) is 0 Å². The molecule has 0 aromatic heterocycles. The Labute approximate surface area is 106 Å². The van der Waals surface area contributed by atoms with E-state index in [1.165, 1.54) is 24.8 Å². The fraction of sp³-hybridized carbons (Fsp3) is 0.500. The van der Waals surface area contributed by atoms with Gasteiger partial charge in [0.1, 0.15) is 0 Å². The number of benzene rings is 1. The SMILES string of the molecule is C=CCCC(Cc1ccccc1)NCCCC. The number of unbranched alkanes of at least 4 members (excludes halogenated alkanes) is 1. The van der Waals surface area contributed by atoms with Crippen LogP contribution in [0.2, 0.25) is 0 Å². The molecule has 1 nitrogen and oxygen atoms in total. The lowest BCUT2D eigenvalue weighted by Crippen LogP contribution is -2.31. The third-order valence-electron chi connectivity index (χ3n) is 3.01. The Hall–Kier alpha value is -1.08. The monoisotopic (exact) mass is 231 g/mol. The topological polar surface area (TPSA) is 12.0 Å². The molecule has 1 heteroatoms. The fourth-order valence-electron chi connectivity index (χ4n) is 1.98. The first kappa shape index (κ1) is 14.0. The van der Waals surface area contributed by atoms with Crippen molar-refractivity contribution in [2.45, 2.75) is 45.1 Å².